The van der Waals surface area contributed by atoms with Crippen molar-refractivity contribution in [2.75, 3.05) is 12.3 Å². The molecule has 3 aromatic rings. The van der Waals surface area contributed by atoms with Crippen LogP contribution in [-0.2, 0) is 16.1 Å². The second-order valence-corrected chi connectivity index (χ2v) is 9.24. The average molecular weight is 447 g/mol. The molecule has 3 aromatic carbocycles. The molecule has 1 amide bonds. The molecule has 1 saturated heterocycles. The van der Waals surface area contributed by atoms with Gasteiger partial charge in [-0.1, -0.05) is 91.0 Å². The molecule has 1 aliphatic heterocycles. The first-order valence-corrected chi connectivity index (χ1v) is 12.3. The third-order valence-corrected chi connectivity index (χ3v) is 7.13. The molecule has 0 bridgehead atoms. The van der Waals surface area contributed by atoms with E-state index in [2.05, 4.69) is 22.8 Å². The van der Waals surface area contributed by atoms with Crippen LogP contribution in [0.4, 0.5) is 0 Å². The fourth-order valence-electron chi connectivity index (χ4n) is 4.27. The Bertz CT molecular complexity index is 937. The van der Waals surface area contributed by atoms with E-state index >= 15 is 0 Å². The lowest BCUT2D eigenvalue weighted by molar-refractivity contribution is -0.125. The summed E-state index contributed by atoms with van der Waals surface area (Å²) in [6.45, 7) is 0.854. The monoisotopic (exact) mass is 446 g/mol. The minimum absolute atomic E-state index is 0.0434. The Balaban J connectivity index is 1.64. The Morgan fingerprint density at radius 3 is 2.06 bits per heavy atom. The summed E-state index contributed by atoms with van der Waals surface area (Å²) in [5.41, 5.74) is 1.43. The highest BCUT2D eigenvalue weighted by molar-refractivity contribution is 7.98. The summed E-state index contributed by atoms with van der Waals surface area (Å²) in [4.78, 5) is 13.1. The molecule has 3 N–H and O–H groups in total. The molecule has 0 radical (unpaired) electrons. The molecule has 1 aliphatic rings. The van der Waals surface area contributed by atoms with E-state index in [1.165, 1.54) is 5.56 Å². The standard InChI is InChI=1S/C27H30N2O2S/c30-26(24-17-10-18-28-24)29-25(20-32-19-21-11-4-1-5-12-21)27(31,22-13-6-2-7-14-22)23-15-8-3-9-16-23/h1-9,11-16,24-25,28,31H,10,17-20H2,(H,29,30)/t24-,25-/m0/s1. The SMILES string of the molecule is O=C(N[C@@H](CSCc1ccccc1)C(O)(c1ccccc1)c1ccccc1)[C@@H]1CCCN1. The number of carbonyl (C=O) groups excluding carboxylic acids is 1. The maximum absolute atomic E-state index is 13.1. The summed E-state index contributed by atoms with van der Waals surface area (Å²) >= 11 is 1.72. The van der Waals surface area contributed by atoms with Gasteiger partial charge in [0.25, 0.3) is 0 Å². The summed E-state index contributed by atoms with van der Waals surface area (Å²) in [5.74, 6) is 1.35. The quantitative estimate of drug-likeness (QED) is 0.463. The van der Waals surface area contributed by atoms with E-state index in [1.807, 2.05) is 78.9 Å². The maximum Gasteiger partial charge on any atom is 0.237 e. The molecular weight excluding hydrogens is 416 g/mol. The van der Waals surface area contributed by atoms with Gasteiger partial charge in [-0.2, -0.15) is 11.8 Å². The predicted octanol–water partition coefficient (Wildman–Crippen LogP) is 4.09. The van der Waals surface area contributed by atoms with Gasteiger partial charge < -0.3 is 15.7 Å². The summed E-state index contributed by atoms with van der Waals surface area (Å²) in [6, 6.07) is 28.9. The van der Waals surface area contributed by atoms with Gasteiger partial charge in [0.15, 0.2) is 0 Å². The van der Waals surface area contributed by atoms with Crippen LogP contribution < -0.4 is 10.6 Å². The predicted molar refractivity (Wildman–Crippen MR) is 131 cm³/mol. The third-order valence-electron chi connectivity index (χ3n) is 6.02. The molecule has 0 aromatic heterocycles. The van der Waals surface area contributed by atoms with Crippen LogP contribution in [0.25, 0.3) is 0 Å². The fourth-order valence-corrected chi connectivity index (χ4v) is 5.38. The highest BCUT2D eigenvalue weighted by atomic mass is 32.2. The highest BCUT2D eigenvalue weighted by Gasteiger charge is 2.42. The van der Waals surface area contributed by atoms with E-state index in [-0.39, 0.29) is 11.9 Å². The van der Waals surface area contributed by atoms with E-state index in [0.717, 1.165) is 36.3 Å². The van der Waals surface area contributed by atoms with Crippen molar-refractivity contribution < 1.29 is 9.90 Å². The van der Waals surface area contributed by atoms with Gasteiger partial charge in [-0.3, -0.25) is 4.79 Å². The number of rotatable bonds is 9. The zero-order chi connectivity index (χ0) is 22.2. The Kier molecular flexibility index (Phi) is 7.63. The number of aliphatic hydroxyl groups is 1. The zero-order valence-electron chi connectivity index (χ0n) is 18.1. The normalized spacial score (nSPS) is 17.1. The van der Waals surface area contributed by atoms with Gasteiger partial charge in [-0.15, -0.1) is 0 Å². The smallest absolute Gasteiger partial charge is 0.237 e. The van der Waals surface area contributed by atoms with Crippen LogP contribution in [0.2, 0.25) is 0 Å². The molecule has 4 nitrogen and oxygen atoms in total. The van der Waals surface area contributed by atoms with Crippen LogP contribution in [0.15, 0.2) is 91.0 Å². The molecule has 166 valence electrons. The van der Waals surface area contributed by atoms with E-state index in [4.69, 9.17) is 0 Å². The van der Waals surface area contributed by atoms with Crippen LogP contribution in [0.1, 0.15) is 29.5 Å². The molecule has 2 atom stereocenters. The Hall–Kier alpha value is -2.60. The van der Waals surface area contributed by atoms with Crippen molar-refractivity contribution in [2.24, 2.45) is 0 Å². The van der Waals surface area contributed by atoms with Gasteiger partial charge in [0.2, 0.25) is 5.91 Å². The van der Waals surface area contributed by atoms with E-state index in [9.17, 15) is 9.90 Å². The van der Waals surface area contributed by atoms with Gasteiger partial charge in [-0.05, 0) is 36.1 Å². The molecule has 5 heteroatoms. The number of benzene rings is 3. The number of nitrogens with one attached hydrogen (secondary N) is 2. The van der Waals surface area contributed by atoms with Crippen molar-refractivity contribution in [1.29, 1.82) is 0 Å². The van der Waals surface area contributed by atoms with Crippen molar-refractivity contribution in [3.63, 3.8) is 0 Å². The van der Waals surface area contributed by atoms with Crippen LogP contribution in [0.3, 0.4) is 0 Å². The first-order valence-electron chi connectivity index (χ1n) is 11.2. The lowest BCUT2D eigenvalue weighted by Crippen LogP contribution is -2.56. The summed E-state index contributed by atoms with van der Waals surface area (Å²) in [5, 5.41) is 18.7. The minimum atomic E-state index is -1.35. The lowest BCUT2D eigenvalue weighted by Gasteiger charge is -2.38. The second-order valence-electron chi connectivity index (χ2n) is 8.21. The van der Waals surface area contributed by atoms with Gasteiger partial charge in [0, 0.05) is 11.5 Å². The molecule has 0 saturated carbocycles. The molecule has 1 fully saturated rings. The maximum atomic E-state index is 13.1. The Morgan fingerprint density at radius 1 is 0.969 bits per heavy atom. The van der Waals surface area contributed by atoms with Crippen molar-refractivity contribution >= 4 is 17.7 Å². The molecule has 1 heterocycles. The van der Waals surface area contributed by atoms with Gasteiger partial charge in [-0.25, -0.2) is 0 Å². The van der Waals surface area contributed by atoms with Crippen molar-refractivity contribution in [3.8, 4) is 0 Å². The zero-order valence-corrected chi connectivity index (χ0v) is 18.9. The first kappa shape index (κ1) is 22.6. The van der Waals surface area contributed by atoms with Gasteiger partial charge in [0.1, 0.15) is 5.60 Å². The summed E-state index contributed by atoms with van der Waals surface area (Å²) in [6.07, 6.45) is 1.82. The molecule has 32 heavy (non-hydrogen) atoms. The number of hydrogen-bond acceptors (Lipinski definition) is 4. The number of amides is 1. The van der Waals surface area contributed by atoms with Crippen LogP contribution in [0.5, 0.6) is 0 Å². The Labute approximate surface area is 194 Å². The van der Waals surface area contributed by atoms with Crippen LogP contribution in [-0.4, -0.2) is 35.4 Å². The molecule has 0 aliphatic carbocycles. The molecule has 0 unspecified atom stereocenters. The molecule has 0 spiro atoms. The number of carbonyl (C=O) groups is 1. The number of hydrogen-bond donors (Lipinski definition) is 3. The Morgan fingerprint density at radius 2 is 1.53 bits per heavy atom. The molecule has 4 rings (SSSR count). The lowest BCUT2D eigenvalue weighted by atomic mass is 9.80. The first-order chi connectivity index (χ1) is 15.7. The van der Waals surface area contributed by atoms with Crippen molar-refractivity contribution in [2.45, 2.75) is 36.3 Å². The minimum Gasteiger partial charge on any atom is -0.378 e. The van der Waals surface area contributed by atoms with Gasteiger partial charge in [0.05, 0.1) is 12.1 Å². The second kappa shape index (κ2) is 10.8. The average Bonchev–Trinajstić information content (AvgIpc) is 3.40. The fraction of sp³-hybridized carbons (Fsp3) is 0.296. The number of thioether (sulfide) groups is 1. The third kappa shape index (κ3) is 5.23. The largest absolute Gasteiger partial charge is 0.378 e. The van der Waals surface area contributed by atoms with Crippen LogP contribution in [0, 0.1) is 0 Å². The highest BCUT2D eigenvalue weighted by Crippen LogP contribution is 2.35. The van der Waals surface area contributed by atoms with Crippen molar-refractivity contribution in [1.82, 2.24) is 10.6 Å². The summed E-state index contributed by atoms with van der Waals surface area (Å²) < 4.78 is 0. The van der Waals surface area contributed by atoms with Gasteiger partial charge >= 0.3 is 0 Å². The van der Waals surface area contributed by atoms with E-state index in [0.29, 0.717) is 5.75 Å². The van der Waals surface area contributed by atoms with Crippen LogP contribution >= 0.6 is 11.8 Å². The van der Waals surface area contributed by atoms with E-state index in [1.54, 1.807) is 11.8 Å². The van der Waals surface area contributed by atoms with Crippen molar-refractivity contribution in [3.05, 3.63) is 108 Å². The molecular formula is C27H30N2O2S. The summed E-state index contributed by atoms with van der Waals surface area (Å²) in [7, 11) is 0. The van der Waals surface area contributed by atoms with E-state index < -0.39 is 11.6 Å². The topological polar surface area (TPSA) is 61.4 Å².